The fourth-order valence-electron chi connectivity index (χ4n) is 3.16. The fourth-order valence-corrected chi connectivity index (χ4v) is 3.16. The number of imidazole rings is 1. The van der Waals surface area contributed by atoms with Crippen LogP contribution in [0.1, 0.15) is 28.6 Å². The van der Waals surface area contributed by atoms with Crippen LogP contribution in [0, 0.1) is 18.3 Å². The number of anilines is 1. The van der Waals surface area contributed by atoms with Crippen molar-refractivity contribution in [1.29, 1.82) is 5.26 Å². The molecule has 0 aliphatic carbocycles. The number of hydrogen-bond donors (Lipinski definition) is 1. The Hall–Kier alpha value is -3.59. The van der Waals surface area contributed by atoms with Gasteiger partial charge in [-0.3, -0.25) is 10.1 Å². The van der Waals surface area contributed by atoms with E-state index >= 15 is 0 Å². The highest BCUT2D eigenvalue weighted by atomic mass is 16.3. The van der Waals surface area contributed by atoms with Crippen LogP contribution in [0.4, 0.5) is 5.95 Å². The number of carbonyl (C=O) groups excluding carboxylic acids is 1. The minimum atomic E-state index is -0.343. The van der Waals surface area contributed by atoms with Crippen molar-refractivity contribution in [3.05, 3.63) is 59.4 Å². The fraction of sp³-hybridized carbons (Fsp3) is 0.150. The van der Waals surface area contributed by atoms with Crippen LogP contribution in [0.15, 0.2) is 46.9 Å². The summed E-state index contributed by atoms with van der Waals surface area (Å²) in [6, 6.07) is 14.9. The van der Waals surface area contributed by atoms with Gasteiger partial charge in [0.1, 0.15) is 5.58 Å². The number of aromatic nitrogens is 2. The molecule has 0 atom stereocenters. The van der Waals surface area contributed by atoms with Crippen molar-refractivity contribution in [2.24, 2.45) is 0 Å². The second-order valence-corrected chi connectivity index (χ2v) is 6.00. The Kier molecular flexibility index (Phi) is 3.70. The van der Waals surface area contributed by atoms with Crippen molar-refractivity contribution in [2.45, 2.75) is 20.4 Å². The van der Waals surface area contributed by atoms with E-state index in [0.29, 0.717) is 29.2 Å². The molecule has 1 N–H and O–H groups in total. The highest BCUT2D eigenvalue weighted by Gasteiger charge is 2.20. The largest absolute Gasteiger partial charge is 0.451 e. The topological polar surface area (TPSA) is 83.8 Å². The normalized spacial score (nSPS) is 11.0. The Balaban J connectivity index is 1.75. The summed E-state index contributed by atoms with van der Waals surface area (Å²) < 4.78 is 7.62. The molecule has 4 rings (SSSR count). The third-order valence-electron chi connectivity index (χ3n) is 4.47. The lowest BCUT2D eigenvalue weighted by atomic mass is 10.1. The van der Waals surface area contributed by atoms with E-state index in [1.54, 1.807) is 12.1 Å². The summed E-state index contributed by atoms with van der Waals surface area (Å²) in [5, 5.41) is 12.8. The molecular formula is C20H16N4O2. The number of furan rings is 1. The quantitative estimate of drug-likeness (QED) is 0.602. The van der Waals surface area contributed by atoms with E-state index in [9.17, 15) is 4.79 Å². The molecule has 0 aliphatic heterocycles. The second kappa shape index (κ2) is 6.05. The van der Waals surface area contributed by atoms with Gasteiger partial charge in [0.05, 0.1) is 22.7 Å². The minimum Gasteiger partial charge on any atom is -0.451 e. The van der Waals surface area contributed by atoms with Gasteiger partial charge in [0.15, 0.2) is 5.76 Å². The molecule has 6 nitrogen and oxygen atoms in total. The van der Waals surface area contributed by atoms with Gasteiger partial charge >= 0.3 is 0 Å². The monoisotopic (exact) mass is 344 g/mol. The average molecular weight is 344 g/mol. The molecule has 2 aromatic carbocycles. The number of para-hydroxylation sites is 1. The number of carbonyl (C=O) groups is 1. The number of fused-ring (bicyclic) bond motifs is 2. The molecule has 26 heavy (non-hydrogen) atoms. The standard InChI is InChI=1S/C20H16N4O2/c1-3-24-16-9-8-13(11-21)10-15(16)22-20(24)23-19(25)18-12(2)14-6-4-5-7-17(14)26-18/h4-10H,3H2,1-2H3,(H,22,23,25). The number of nitrogens with zero attached hydrogens (tertiary/aromatic N) is 3. The Morgan fingerprint density at radius 3 is 2.85 bits per heavy atom. The summed E-state index contributed by atoms with van der Waals surface area (Å²) in [6.07, 6.45) is 0. The number of hydrogen-bond acceptors (Lipinski definition) is 4. The van der Waals surface area contributed by atoms with Gasteiger partial charge in [-0.15, -0.1) is 0 Å². The molecule has 2 aromatic heterocycles. The first-order valence-electron chi connectivity index (χ1n) is 8.32. The van der Waals surface area contributed by atoms with Crippen LogP contribution in [-0.4, -0.2) is 15.5 Å². The number of nitrogens with one attached hydrogen (secondary N) is 1. The van der Waals surface area contributed by atoms with E-state index in [0.717, 1.165) is 16.5 Å². The number of rotatable bonds is 3. The minimum absolute atomic E-state index is 0.277. The van der Waals surface area contributed by atoms with Crippen LogP contribution in [0.25, 0.3) is 22.0 Å². The number of aryl methyl sites for hydroxylation is 2. The summed E-state index contributed by atoms with van der Waals surface area (Å²) >= 11 is 0. The number of nitriles is 1. The number of amides is 1. The van der Waals surface area contributed by atoms with Crippen LogP contribution >= 0.6 is 0 Å². The molecule has 0 saturated carbocycles. The van der Waals surface area contributed by atoms with E-state index in [2.05, 4.69) is 16.4 Å². The maximum Gasteiger partial charge on any atom is 0.294 e. The smallest absolute Gasteiger partial charge is 0.294 e. The van der Waals surface area contributed by atoms with E-state index in [-0.39, 0.29) is 11.7 Å². The number of benzene rings is 2. The summed E-state index contributed by atoms with van der Waals surface area (Å²) in [5.74, 6) is 0.366. The van der Waals surface area contributed by atoms with Crippen molar-refractivity contribution in [2.75, 3.05) is 5.32 Å². The molecule has 128 valence electrons. The lowest BCUT2D eigenvalue weighted by Gasteiger charge is -2.06. The first-order chi connectivity index (χ1) is 12.6. The molecule has 0 fully saturated rings. The lowest BCUT2D eigenvalue weighted by molar-refractivity contribution is 0.0996. The zero-order valence-corrected chi connectivity index (χ0v) is 14.4. The predicted molar refractivity (Wildman–Crippen MR) is 99.0 cm³/mol. The Morgan fingerprint density at radius 2 is 2.12 bits per heavy atom. The molecule has 0 radical (unpaired) electrons. The van der Waals surface area contributed by atoms with Crippen LogP contribution in [0.3, 0.4) is 0 Å². The molecule has 0 unspecified atom stereocenters. The van der Waals surface area contributed by atoms with Crippen molar-refractivity contribution >= 4 is 33.9 Å². The maximum absolute atomic E-state index is 12.8. The molecule has 1 amide bonds. The van der Waals surface area contributed by atoms with Gasteiger partial charge in [0, 0.05) is 17.5 Å². The summed E-state index contributed by atoms with van der Waals surface area (Å²) in [6.45, 7) is 4.47. The molecule has 0 spiro atoms. The van der Waals surface area contributed by atoms with Crippen molar-refractivity contribution in [1.82, 2.24) is 9.55 Å². The Morgan fingerprint density at radius 1 is 1.31 bits per heavy atom. The Labute approximate surface area is 149 Å². The third-order valence-corrected chi connectivity index (χ3v) is 4.47. The average Bonchev–Trinajstić information content (AvgIpc) is 3.18. The molecule has 0 aliphatic rings. The molecule has 6 heteroatoms. The SMILES string of the molecule is CCn1c(NC(=O)c2oc3ccccc3c2C)nc2cc(C#N)ccc21. The second-order valence-electron chi connectivity index (χ2n) is 6.00. The molecular weight excluding hydrogens is 328 g/mol. The summed E-state index contributed by atoms with van der Waals surface area (Å²) in [5.41, 5.74) is 3.54. The molecule has 2 heterocycles. The third kappa shape index (κ3) is 2.42. The van der Waals surface area contributed by atoms with E-state index < -0.39 is 0 Å². The molecule has 0 bridgehead atoms. The van der Waals surface area contributed by atoms with E-state index in [1.165, 1.54) is 0 Å². The molecule has 4 aromatic rings. The van der Waals surface area contributed by atoms with Crippen LogP contribution in [0.5, 0.6) is 0 Å². The lowest BCUT2D eigenvalue weighted by Crippen LogP contribution is -2.16. The van der Waals surface area contributed by atoms with Gasteiger partial charge in [-0.1, -0.05) is 18.2 Å². The highest BCUT2D eigenvalue weighted by Crippen LogP contribution is 2.26. The van der Waals surface area contributed by atoms with Crippen LogP contribution in [-0.2, 0) is 6.54 Å². The highest BCUT2D eigenvalue weighted by molar-refractivity contribution is 6.06. The van der Waals surface area contributed by atoms with Crippen molar-refractivity contribution in [3.63, 3.8) is 0 Å². The Bertz CT molecular complexity index is 1190. The van der Waals surface area contributed by atoms with Gasteiger partial charge in [-0.05, 0) is 38.1 Å². The predicted octanol–water partition coefficient (Wildman–Crippen LogP) is 4.23. The van der Waals surface area contributed by atoms with Gasteiger partial charge in [-0.25, -0.2) is 4.98 Å². The summed E-state index contributed by atoms with van der Waals surface area (Å²) in [4.78, 5) is 17.2. The first-order valence-corrected chi connectivity index (χ1v) is 8.32. The van der Waals surface area contributed by atoms with Crippen LogP contribution in [0.2, 0.25) is 0 Å². The van der Waals surface area contributed by atoms with Crippen molar-refractivity contribution in [3.8, 4) is 6.07 Å². The maximum atomic E-state index is 12.8. The molecule has 0 saturated heterocycles. The van der Waals surface area contributed by atoms with Gasteiger partial charge < -0.3 is 8.98 Å². The zero-order valence-electron chi connectivity index (χ0n) is 14.4. The van der Waals surface area contributed by atoms with Gasteiger partial charge in [0.25, 0.3) is 5.91 Å². The first kappa shape index (κ1) is 15.9. The van der Waals surface area contributed by atoms with E-state index in [1.807, 2.05) is 48.7 Å². The van der Waals surface area contributed by atoms with Gasteiger partial charge in [0.2, 0.25) is 5.95 Å². The van der Waals surface area contributed by atoms with E-state index in [4.69, 9.17) is 9.68 Å². The van der Waals surface area contributed by atoms with Gasteiger partial charge in [-0.2, -0.15) is 5.26 Å². The van der Waals surface area contributed by atoms with Crippen LogP contribution < -0.4 is 5.32 Å². The van der Waals surface area contributed by atoms with Crippen molar-refractivity contribution < 1.29 is 9.21 Å². The zero-order chi connectivity index (χ0) is 18.3. The summed E-state index contributed by atoms with van der Waals surface area (Å²) in [7, 11) is 0.